The van der Waals surface area contributed by atoms with Crippen molar-refractivity contribution >= 4 is 51.2 Å². The molecule has 3 aliphatic rings. The molecule has 2 aliphatic heterocycles. The van der Waals surface area contributed by atoms with Gasteiger partial charge in [0, 0.05) is 54.3 Å². The highest BCUT2D eigenvalue weighted by Gasteiger charge is 2.33. The van der Waals surface area contributed by atoms with Crippen molar-refractivity contribution in [3.05, 3.63) is 71.3 Å². The number of carbonyl (C=O) groups excluding carboxylic acids is 3. The van der Waals surface area contributed by atoms with Crippen LogP contribution in [-0.2, 0) is 18.9 Å². The quantitative estimate of drug-likeness (QED) is 0.0970. The van der Waals surface area contributed by atoms with E-state index in [2.05, 4.69) is 19.9 Å². The van der Waals surface area contributed by atoms with Crippen molar-refractivity contribution in [2.24, 2.45) is 5.92 Å². The molecule has 52 heavy (non-hydrogen) atoms. The molecule has 0 amide bonds. The zero-order chi connectivity index (χ0) is 35.3. The number of ether oxygens (including phenoxy) is 4. The zero-order valence-electron chi connectivity index (χ0n) is 28.7. The topological polar surface area (TPSA) is 178 Å². The van der Waals surface area contributed by atoms with Crippen LogP contribution in [0.15, 0.2) is 55.9 Å². The third-order valence-electron chi connectivity index (χ3n) is 10.9. The number of nitrogens with one attached hydrogen (secondary N) is 3. The Hall–Kier alpha value is -5.21. The molecule has 6 aromatic heterocycles. The summed E-state index contributed by atoms with van der Waals surface area (Å²) in [5.74, 6) is 0.774. The van der Waals surface area contributed by atoms with Crippen molar-refractivity contribution < 1.29 is 46.6 Å². The van der Waals surface area contributed by atoms with Gasteiger partial charge in [0.2, 0.25) is 0 Å². The van der Waals surface area contributed by atoms with Crippen molar-refractivity contribution in [1.29, 1.82) is 0 Å². The number of carbonyl (C=O) groups is 3. The lowest BCUT2D eigenvalue weighted by atomic mass is 10.0. The molecule has 6 aromatic rings. The van der Waals surface area contributed by atoms with Crippen molar-refractivity contribution in [3.8, 4) is 0 Å². The van der Waals surface area contributed by atoms with Gasteiger partial charge in [-0.05, 0) is 58.0 Å². The van der Waals surface area contributed by atoms with Crippen LogP contribution in [0.1, 0.15) is 93.3 Å². The fourth-order valence-corrected chi connectivity index (χ4v) is 7.93. The van der Waals surface area contributed by atoms with Crippen molar-refractivity contribution in [1.82, 2.24) is 19.9 Å². The first-order valence-corrected chi connectivity index (χ1v) is 18.0. The second-order valence-electron chi connectivity index (χ2n) is 14.4. The van der Waals surface area contributed by atoms with Crippen molar-refractivity contribution in [2.45, 2.75) is 62.5 Å². The molecular formula is C38H40N4O10. The minimum Gasteiger partial charge on any atom is -0.463 e. The number of esters is 3. The predicted molar refractivity (Wildman–Crippen MR) is 185 cm³/mol. The maximum absolute atomic E-state index is 12.9. The number of furan rings is 3. The van der Waals surface area contributed by atoms with E-state index in [9.17, 15) is 14.4 Å². The van der Waals surface area contributed by atoms with Gasteiger partial charge >= 0.3 is 17.9 Å². The first kappa shape index (κ1) is 32.7. The van der Waals surface area contributed by atoms with E-state index in [1.807, 2.05) is 19.2 Å². The molecular weight excluding hydrogens is 672 g/mol. The maximum Gasteiger partial charge on any atom is 0.354 e. The van der Waals surface area contributed by atoms with E-state index in [-0.39, 0.29) is 42.5 Å². The van der Waals surface area contributed by atoms with E-state index >= 15 is 0 Å². The van der Waals surface area contributed by atoms with E-state index in [4.69, 9.17) is 32.2 Å². The van der Waals surface area contributed by atoms with E-state index in [1.165, 1.54) is 0 Å². The van der Waals surface area contributed by atoms with Gasteiger partial charge in [0.25, 0.3) is 0 Å². The Kier molecular flexibility index (Phi) is 8.42. The molecule has 5 atom stereocenters. The third-order valence-corrected chi connectivity index (χ3v) is 10.9. The largest absolute Gasteiger partial charge is 0.463 e. The first-order valence-electron chi connectivity index (χ1n) is 18.0. The van der Waals surface area contributed by atoms with Gasteiger partial charge in [0.1, 0.15) is 41.8 Å². The summed E-state index contributed by atoms with van der Waals surface area (Å²) >= 11 is 0. The number of fused-ring (bicyclic) bond motifs is 3. The van der Waals surface area contributed by atoms with Crippen LogP contribution < -0.4 is 0 Å². The summed E-state index contributed by atoms with van der Waals surface area (Å²) in [5.41, 5.74) is 5.09. The molecule has 0 spiro atoms. The normalized spacial score (nSPS) is 23.8. The minimum absolute atomic E-state index is 0.00124. The maximum atomic E-state index is 12.9. The molecule has 3 fully saturated rings. The van der Waals surface area contributed by atoms with Crippen LogP contribution in [0.3, 0.4) is 0 Å². The van der Waals surface area contributed by atoms with Crippen LogP contribution in [-0.4, -0.2) is 89.9 Å². The lowest BCUT2D eigenvalue weighted by molar-refractivity contribution is 0.0155. The molecule has 9 rings (SSSR count). The monoisotopic (exact) mass is 712 g/mol. The molecule has 5 unspecified atom stereocenters. The second-order valence-corrected chi connectivity index (χ2v) is 14.4. The number of aromatic amines is 3. The number of rotatable bonds is 11. The summed E-state index contributed by atoms with van der Waals surface area (Å²) in [6.07, 6.45) is 6.77. The van der Waals surface area contributed by atoms with Crippen LogP contribution >= 0.6 is 0 Å². The predicted octanol–water partition coefficient (Wildman–Crippen LogP) is 6.63. The smallest absolute Gasteiger partial charge is 0.354 e. The van der Waals surface area contributed by atoms with Crippen LogP contribution in [0.4, 0.5) is 0 Å². The van der Waals surface area contributed by atoms with E-state index in [0.717, 1.165) is 66.7 Å². The van der Waals surface area contributed by atoms with E-state index in [0.29, 0.717) is 60.1 Å². The second kappa shape index (κ2) is 13.4. The Balaban J connectivity index is 0.728. The Morgan fingerprint density at radius 3 is 2.02 bits per heavy atom. The highest BCUT2D eigenvalue weighted by Crippen LogP contribution is 2.41. The number of likely N-dealkylation sites (tertiary alicyclic amines) is 1. The fourth-order valence-electron chi connectivity index (χ4n) is 7.93. The summed E-state index contributed by atoms with van der Waals surface area (Å²) in [7, 11) is 2.05. The molecule has 8 heterocycles. The molecule has 14 nitrogen and oxygen atoms in total. The summed E-state index contributed by atoms with van der Waals surface area (Å²) in [6.45, 7) is 2.28. The van der Waals surface area contributed by atoms with Gasteiger partial charge in [-0.25, -0.2) is 14.4 Å². The van der Waals surface area contributed by atoms with Gasteiger partial charge in [-0.15, -0.1) is 0 Å². The first-order chi connectivity index (χ1) is 25.3. The Bertz CT molecular complexity index is 2160. The summed E-state index contributed by atoms with van der Waals surface area (Å²) in [6, 6.07) is 10.9. The highest BCUT2D eigenvalue weighted by atomic mass is 16.6. The number of hydrogen-bond donors (Lipinski definition) is 3. The van der Waals surface area contributed by atoms with Crippen LogP contribution in [0.25, 0.3) is 33.3 Å². The summed E-state index contributed by atoms with van der Waals surface area (Å²) in [4.78, 5) is 49.5. The molecule has 272 valence electrons. The molecule has 0 radical (unpaired) electrons. The van der Waals surface area contributed by atoms with Gasteiger partial charge in [-0.3, -0.25) is 0 Å². The molecule has 14 heteroatoms. The molecule has 2 saturated heterocycles. The molecule has 3 N–H and O–H groups in total. The minimum atomic E-state index is -0.483. The molecule has 0 aromatic carbocycles. The molecule has 1 saturated carbocycles. The van der Waals surface area contributed by atoms with Gasteiger partial charge in [0.15, 0.2) is 16.7 Å². The van der Waals surface area contributed by atoms with Gasteiger partial charge in [-0.1, -0.05) is 0 Å². The molecule has 0 bridgehead atoms. The van der Waals surface area contributed by atoms with Crippen molar-refractivity contribution in [2.75, 3.05) is 40.0 Å². The lowest BCUT2D eigenvalue weighted by Gasteiger charge is -2.18. The number of likely N-dealkylation sites (N-methyl/N-ethyl adjacent to an activating group) is 1. The van der Waals surface area contributed by atoms with Crippen LogP contribution in [0.5, 0.6) is 0 Å². The van der Waals surface area contributed by atoms with Crippen LogP contribution in [0.2, 0.25) is 0 Å². The Labute approximate surface area is 297 Å². The average molecular weight is 713 g/mol. The van der Waals surface area contributed by atoms with E-state index < -0.39 is 11.9 Å². The van der Waals surface area contributed by atoms with Gasteiger partial charge in [0.05, 0.1) is 42.1 Å². The van der Waals surface area contributed by atoms with Crippen LogP contribution in [0, 0.1) is 5.92 Å². The SMILES string of the molecule is CN1CCCC1COC(=O)c1cc2oc(C3COC(COC(=O)c4cc5oc(C6CCC(COC(=O)c7cc8occc8[nH]7)C6)cc5[nH]4)C3)cc2[nH]1. The number of nitrogens with zero attached hydrogens (tertiary/aromatic N) is 1. The Morgan fingerprint density at radius 1 is 0.731 bits per heavy atom. The number of aromatic nitrogens is 3. The standard InChI is InChI=1S/C38H40N4O10/c1-42-7-2-3-23(42)18-49-37(44)29-14-35-27(41-29)12-32(52-35)22-10-24(47-17-22)19-50-38(45)30-15-34-26(40-30)11-31(51-34)21-5-4-20(9-21)16-48-36(43)28-13-33-25(39-28)6-8-46-33/h6,8,11-15,20-24,39-41H,2-5,7,9-10,16-19H2,1H3. The summed E-state index contributed by atoms with van der Waals surface area (Å²) < 4.78 is 40.2. The fraction of sp³-hybridized carbons (Fsp3) is 0.447. The third kappa shape index (κ3) is 6.41. The summed E-state index contributed by atoms with van der Waals surface area (Å²) in [5, 5.41) is 0. The Morgan fingerprint density at radius 2 is 1.37 bits per heavy atom. The average Bonchev–Trinajstić information content (AvgIpc) is 3.96. The highest BCUT2D eigenvalue weighted by molar-refractivity contribution is 5.94. The van der Waals surface area contributed by atoms with E-state index in [1.54, 1.807) is 30.5 Å². The number of H-pyrrole nitrogens is 3. The van der Waals surface area contributed by atoms with Gasteiger partial charge < -0.3 is 52.1 Å². The number of hydrogen-bond acceptors (Lipinski definition) is 11. The zero-order valence-corrected chi connectivity index (χ0v) is 28.7. The lowest BCUT2D eigenvalue weighted by Crippen LogP contribution is -2.30. The molecule has 1 aliphatic carbocycles. The van der Waals surface area contributed by atoms with Crippen molar-refractivity contribution in [3.63, 3.8) is 0 Å². The van der Waals surface area contributed by atoms with Gasteiger partial charge in [-0.2, -0.15) is 0 Å².